The van der Waals surface area contributed by atoms with Crippen LogP contribution in [0.25, 0.3) is 0 Å². The summed E-state index contributed by atoms with van der Waals surface area (Å²) in [6.45, 7) is 1.78. The maximum Gasteiger partial charge on any atom is 0.275 e. The number of hydrogen-bond donors (Lipinski definition) is 1. The van der Waals surface area contributed by atoms with Gasteiger partial charge in [0.05, 0.1) is 5.69 Å². The van der Waals surface area contributed by atoms with Gasteiger partial charge in [0.2, 0.25) is 0 Å². The van der Waals surface area contributed by atoms with Crippen LogP contribution in [-0.2, 0) is 7.05 Å². The first-order chi connectivity index (χ1) is 6.20. The van der Waals surface area contributed by atoms with Crippen LogP contribution in [0.15, 0.2) is 17.1 Å². The van der Waals surface area contributed by atoms with Gasteiger partial charge < -0.3 is 14.8 Å². The minimum absolute atomic E-state index is 0.0454. The molecule has 2 rings (SSSR count). The molecule has 13 heavy (non-hydrogen) atoms. The lowest BCUT2D eigenvalue weighted by molar-refractivity contribution is 0.824. The van der Waals surface area contributed by atoms with E-state index in [-0.39, 0.29) is 5.56 Å². The second-order valence-electron chi connectivity index (χ2n) is 3.34. The Morgan fingerprint density at radius 3 is 3.00 bits per heavy atom. The molecule has 1 aliphatic rings. The molecular formula is C9H13N3O. The molecule has 2 heterocycles. The van der Waals surface area contributed by atoms with E-state index in [9.17, 15) is 4.79 Å². The Morgan fingerprint density at radius 1 is 1.46 bits per heavy atom. The fourth-order valence-electron chi connectivity index (χ4n) is 1.57. The van der Waals surface area contributed by atoms with E-state index in [0.717, 1.165) is 24.5 Å². The van der Waals surface area contributed by atoms with Crippen LogP contribution in [0, 0.1) is 0 Å². The van der Waals surface area contributed by atoms with Crippen molar-refractivity contribution in [3.8, 4) is 0 Å². The van der Waals surface area contributed by atoms with E-state index in [1.54, 1.807) is 17.8 Å². The van der Waals surface area contributed by atoms with E-state index in [1.165, 1.54) is 0 Å². The van der Waals surface area contributed by atoms with E-state index in [2.05, 4.69) is 10.2 Å². The quantitative estimate of drug-likeness (QED) is 0.620. The Balaban J connectivity index is 2.63. The molecule has 0 saturated heterocycles. The molecule has 0 amide bonds. The molecule has 0 bridgehead atoms. The van der Waals surface area contributed by atoms with Gasteiger partial charge in [-0.25, -0.2) is 0 Å². The lowest BCUT2D eigenvalue weighted by Crippen LogP contribution is -2.35. The number of pyridine rings is 1. The monoisotopic (exact) mass is 179 g/mol. The second-order valence-corrected chi connectivity index (χ2v) is 3.34. The van der Waals surface area contributed by atoms with Gasteiger partial charge in [-0.05, 0) is 6.07 Å². The number of aromatic nitrogens is 1. The molecule has 0 fully saturated rings. The Kier molecular flexibility index (Phi) is 1.76. The SMILES string of the molecule is CN1CCNc2c1ccn(C)c2=O. The van der Waals surface area contributed by atoms with E-state index in [1.807, 2.05) is 13.1 Å². The van der Waals surface area contributed by atoms with Gasteiger partial charge in [-0.3, -0.25) is 4.79 Å². The van der Waals surface area contributed by atoms with Crippen LogP contribution < -0.4 is 15.8 Å². The van der Waals surface area contributed by atoms with Gasteiger partial charge in [0, 0.05) is 33.4 Å². The van der Waals surface area contributed by atoms with Crippen molar-refractivity contribution in [2.75, 3.05) is 30.4 Å². The molecule has 4 heteroatoms. The number of likely N-dealkylation sites (N-methyl/N-ethyl adjacent to an activating group) is 1. The van der Waals surface area contributed by atoms with Crippen LogP contribution in [0.2, 0.25) is 0 Å². The topological polar surface area (TPSA) is 37.3 Å². The third kappa shape index (κ3) is 1.18. The van der Waals surface area contributed by atoms with Gasteiger partial charge in [-0.15, -0.1) is 0 Å². The minimum Gasteiger partial charge on any atom is -0.377 e. The smallest absolute Gasteiger partial charge is 0.275 e. The zero-order valence-corrected chi connectivity index (χ0v) is 7.87. The largest absolute Gasteiger partial charge is 0.377 e. The van der Waals surface area contributed by atoms with Gasteiger partial charge in [0.1, 0.15) is 5.69 Å². The third-order valence-electron chi connectivity index (χ3n) is 2.41. The molecule has 0 unspecified atom stereocenters. The summed E-state index contributed by atoms with van der Waals surface area (Å²) in [5, 5.41) is 3.13. The van der Waals surface area contributed by atoms with E-state index >= 15 is 0 Å². The van der Waals surface area contributed by atoms with Crippen LogP contribution in [0.5, 0.6) is 0 Å². The molecule has 4 nitrogen and oxygen atoms in total. The first-order valence-corrected chi connectivity index (χ1v) is 4.35. The van der Waals surface area contributed by atoms with Crippen molar-refractivity contribution in [2.45, 2.75) is 0 Å². The van der Waals surface area contributed by atoms with Gasteiger partial charge in [-0.1, -0.05) is 0 Å². The van der Waals surface area contributed by atoms with Crippen LogP contribution >= 0.6 is 0 Å². The normalized spacial score (nSPS) is 15.1. The highest BCUT2D eigenvalue weighted by molar-refractivity contribution is 5.70. The van der Waals surface area contributed by atoms with Crippen LogP contribution in [0.4, 0.5) is 11.4 Å². The number of fused-ring (bicyclic) bond motifs is 1. The van der Waals surface area contributed by atoms with Crippen LogP contribution in [0.1, 0.15) is 0 Å². The third-order valence-corrected chi connectivity index (χ3v) is 2.41. The first kappa shape index (κ1) is 8.16. The summed E-state index contributed by atoms with van der Waals surface area (Å²) >= 11 is 0. The molecule has 70 valence electrons. The summed E-state index contributed by atoms with van der Waals surface area (Å²) in [5.41, 5.74) is 1.76. The fourth-order valence-corrected chi connectivity index (χ4v) is 1.57. The lowest BCUT2D eigenvalue weighted by Gasteiger charge is -2.27. The van der Waals surface area contributed by atoms with E-state index < -0.39 is 0 Å². The molecule has 1 aliphatic heterocycles. The van der Waals surface area contributed by atoms with Crippen molar-refractivity contribution in [2.24, 2.45) is 7.05 Å². The molecule has 0 aromatic carbocycles. The predicted octanol–water partition coefficient (Wildman–Crippen LogP) is 0.247. The Bertz CT molecular complexity index is 383. The average molecular weight is 179 g/mol. The van der Waals surface area contributed by atoms with Crippen molar-refractivity contribution in [3.63, 3.8) is 0 Å². The van der Waals surface area contributed by atoms with Gasteiger partial charge in [0.25, 0.3) is 5.56 Å². The van der Waals surface area contributed by atoms with E-state index in [4.69, 9.17) is 0 Å². The Morgan fingerprint density at radius 2 is 2.23 bits per heavy atom. The summed E-state index contributed by atoms with van der Waals surface area (Å²) in [5.74, 6) is 0. The number of nitrogens with zero attached hydrogens (tertiary/aromatic N) is 2. The number of aryl methyl sites for hydroxylation is 1. The highest BCUT2D eigenvalue weighted by Crippen LogP contribution is 2.22. The molecular weight excluding hydrogens is 166 g/mol. The Labute approximate surface area is 76.8 Å². The summed E-state index contributed by atoms with van der Waals surface area (Å²) in [7, 11) is 3.76. The fraction of sp³-hybridized carbons (Fsp3) is 0.444. The van der Waals surface area contributed by atoms with Crippen LogP contribution in [-0.4, -0.2) is 24.7 Å². The number of nitrogens with one attached hydrogen (secondary N) is 1. The summed E-state index contributed by atoms with van der Waals surface area (Å²) < 4.78 is 1.59. The molecule has 0 aliphatic carbocycles. The van der Waals surface area contributed by atoms with Gasteiger partial charge in [0.15, 0.2) is 0 Å². The molecule has 0 radical (unpaired) electrons. The minimum atomic E-state index is 0.0454. The molecule has 1 N–H and O–H groups in total. The van der Waals surface area contributed by atoms with Crippen molar-refractivity contribution >= 4 is 11.4 Å². The van der Waals surface area contributed by atoms with Crippen molar-refractivity contribution in [3.05, 3.63) is 22.6 Å². The number of anilines is 2. The summed E-state index contributed by atoms with van der Waals surface area (Å²) in [6, 6.07) is 1.96. The van der Waals surface area contributed by atoms with Crippen molar-refractivity contribution in [1.29, 1.82) is 0 Å². The standard InChI is InChI=1S/C9H13N3O/c1-11-6-4-10-8-7(11)3-5-12(2)9(8)13/h3,5,10H,4,6H2,1-2H3. The summed E-state index contributed by atoms with van der Waals surface area (Å²) in [4.78, 5) is 13.7. The molecule has 0 saturated carbocycles. The van der Waals surface area contributed by atoms with Crippen molar-refractivity contribution in [1.82, 2.24) is 4.57 Å². The predicted molar refractivity (Wildman–Crippen MR) is 53.4 cm³/mol. The zero-order chi connectivity index (χ0) is 9.42. The first-order valence-electron chi connectivity index (χ1n) is 4.35. The molecule has 1 aromatic heterocycles. The lowest BCUT2D eigenvalue weighted by atomic mass is 10.2. The summed E-state index contributed by atoms with van der Waals surface area (Å²) in [6.07, 6.45) is 1.80. The molecule has 1 aromatic rings. The maximum atomic E-state index is 11.6. The van der Waals surface area contributed by atoms with E-state index in [0.29, 0.717) is 0 Å². The Hall–Kier alpha value is -1.45. The highest BCUT2D eigenvalue weighted by atomic mass is 16.1. The zero-order valence-electron chi connectivity index (χ0n) is 7.87. The number of rotatable bonds is 0. The molecule has 0 atom stereocenters. The highest BCUT2D eigenvalue weighted by Gasteiger charge is 2.15. The maximum absolute atomic E-state index is 11.6. The van der Waals surface area contributed by atoms with Gasteiger partial charge in [-0.2, -0.15) is 0 Å². The van der Waals surface area contributed by atoms with Gasteiger partial charge >= 0.3 is 0 Å². The van der Waals surface area contributed by atoms with Crippen molar-refractivity contribution < 1.29 is 0 Å². The second kappa shape index (κ2) is 2.80. The number of hydrogen-bond acceptors (Lipinski definition) is 3. The van der Waals surface area contributed by atoms with Crippen LogP contribution in [0.3, 0.4) is 0 Å². The average Bonchev–Trinajstić information content (AvgIpc) is 2.12. The molecule has 0 spiro atoms.